The van der Waals surface area contributed by atoms with E-state index in [1.807, 2.05) is 50.2 Å². The molecule has 0 saturated carbocycles. The molecule has 2 aromatic rings. The summed E-state index contributed by atoms with van der Waals surface area (Å²) in [6.07, 6.45) is 2.48. The number of carbonyl (C=O) groups is 2. The molecule has 30 heavy (non-hydrogen) atoms. The minimum absolute atomic E-state index is 0.00980. The highest BCUT2D eigenvalue weighted by Gasteiger charge is 2.15. The van der Waals surface area contributed by atoms with Gasteiger partial charge in [-0.05, 0) is 61.6 Å². The lowest BCUT2D eigenvalue weighted by atomic mass is 10.0. The Morgan fingerprint density at radius 2 is 1.97 bits per heavy atom. The fourth-order valence-electron chi connectivity index (χ4n) is 3.25. The number of ether oxygens (including phenoxy) is 2. The van der Waals surface area contributed by atoms with Crippen molar-refractivity contribution in [2.24, 2.45) is 0 Å². The number of nitrogens with one attached hydrogen (secondary N) is 2. The Balaban J connectivity index is 1.35. The molecule has 2 aromatic carbocycles. The van der Waals surface area contributed by atoms with Gasteiger partial charge in [-0.15, -0.1) is 0 Å². The molecular weight excluding hydrogens is 380 g/mol. The number of rotatable bonds is 10. The fourth-order valence-corrected chi connectivity index (χ4v) is 3.25. The largest absolute Gasteiger partial charge is 0.494 e. The van der Waals surface area contributed by atoms with E-state index >= 15 is 0 Å². The highest BCUT2D eigenvalue weighted by atomic mass is 16.5. The SMILES string of the molecule is CC(C)OCc1cccc(CNC(=O)CCCOc2ccc3c(c2)CCC(=O)N3)c1. The molecule has 0 bridgehead atoms. The second-order valence-electron chi connectivity index (χ2n) is 7.78. The van der Waals surface area contributed by atoms with E-state index < -0.39 is 0 Å². The molecule has 6 nitrogen and oxygen atoms in total. The average Bonchev–Trinajstić information content (AvgIpc) is 2.74. The number of aryl methyl sites for hydroxylation is 1. The average molecular weight is 411 g/mol. The van der Waals surface area contributed by atoms with E-state index in [4.69, 9.17) is 9.47 Å². The van der Waals surface area contributed by atoms with Crippen molar-refractivity contribution in [3.05, 3.63) is 59.2 Å². The zero-order valence-electron chi connectivity index (χ0n) is 17.7. The van der Waals surface area contributed by atoms with Gasteiger partial charge in [0.2, 0.25) is 11.8 Å². The van der Waals surface area contributed by atoms with Crippen molar-refractivity contribution in [2.75, 3.05) is 11.9 Å². The molecule has 0 aliphatic carbocycles. The van der Waals surface area contributed by atoms with Crippen LogP contribution in [0.25, 0.3) is 0 Å². The van der Waals surface area contributed by atoms with Gasteiger partial charge in [-0.25, -0.2) is 0 Å². The third kappa shape index (κ3) is 6.88. The predicted octanol–water partition coefficient (Wildman–Crippen LogP) is 3.97. The summed E-state index contributed by atoms with van der Waals surface area (Å²) in [5.41, 5.74) is 4.11. The highest BCUT2D eigenvalue weighted by molar-refractivity contribution is 5.94. The minimum Gasteiger partial charge on any atom is -0.494 e. The Hall–Kier alpha value is -2.86. The van der Waals surface area contributed by atoms with Gasteiger partial charge < -0.3 is 20.1 Å². The standard InChI is InChI=1S/C24H30N2O4/c1-17(2)30-16-19-6-3-5-18(13-19)15-25-23(27)7-4-12-29-21-9-10-22-20(14-21)8-11-24(28)26-22/h3,5-6,9-10,13-14,17H,4,7-8,11-12,15-16H2,1-2H3,(H,25,27)(H,26,28). The summed E-state index contributed by atoms with van der Waals surface area (Å²) in [4.78, 5) is 23.5. The van der Waals surface area contributed by atoms with Crippen LogP contribution >= 0.6 is 0 Å². The van der Waals surface area contributed by atoms with Gasteiger partial charge in [-0.1, -0.05) is 24.3 Å². The summed E-state index contributed by atoms with van der Waals surface area (Å²) in [5, 5.41) is 5.82. The maximum absolute atomic E-state index is 12.1. The van der Waals surface area contributed by atoms with E-state index in [9.17, 15) is 9.59 Å². The molecule has 0 saturated heterocycles. The molecule has 0 atom stereocenters. The summed E-state index contributed by atoms with van der Waals surface area (Å²) >= 11 is 0. The van der Waals surface area contributed by atoms with E-state index in [-0.39, 0.29) is 17.9 Å². The second kappa shape index (κ2) is 10.8. The van der Waals surface area contributed by atoms with Crippen molar-refractivity contribution in [1.29, 1.82) is 0 Å². The molecule has 1 heterocycles. The lowest BCUT2D eigenvalue weighted by molar-refractivity contribution is -0.121. The van der Waals surface area contributed by atoms with E-state index in [0.717, 1.165) is 34.5 Å². The topological polar surface area (TPSA) is 76.7 Å². The number of benzene rings is 2. The number of amides is 2. The molecule has 0 aromatic heterocycles. The molecule has 0 radical (unpaired) electrons. The van der Waals surface area contributed by atoms with Gasteiger partial charge in [-0.2, -0.15) is 0 Å². The van der Waals surface area contributed by atoms with Gasteiger partial charge in [0, 0.05) is 25.1 Å². The van der Waals surface area contributed by atoms with Crippen LogP contribution in [0, 0.1) is 0 Å². The van der Waals surface area contributed by atoms with Crippen LogP contribution < -0.4 is 15.4 Å². The quantitative estimate of drug-likeness (QED) is 0.581. The van der Waals surface area contributed by atoms with Crippen LogP contribution in [0.4, 0.5) is 5.69 Å². The Kier molecular flexibility index (Phi) is 7.85. The summed E-state index contributed by atoms with van der Waals surface area (Å²) in [7, 11) is 0. The molecule has 0 fully saturated rings. The van der Waals surface area contributed by atoms with Crippen molar-refractivity contribution in [1.82, 2.24) is 5.32 Å². The van der Waals surface area contributed by atoms with Crippen molar-refractivity contribution in [3.8, 4) is 5.75 Å². The van der Waals surface area contributed by atoms with Crippen LogP contribution in [0.3, 0.4) is 0 Å². The van der Waals surface area contributed by atoms with Crippen LogP contribution in [0.1, 0.15) is 49.8 Å². The molecular formula is C24H30N2O4. The van der Waals surface area contributed by atoms with Gasteiger partial charge >= 0.3 is 0 Å². The summed E-state index contributed by atoms with van der Waals surface area (Å²) < 4.78 is 11.4. The van der Waals surface area contributed by atoms with Gasteiger partial charge in [-0.3, -0.25) is 9.59 Å². The molecule has 2 amide bonds. The van der Waals surface area contributed by atoms with Crippen molar-refractivity contribution >= 4 is 17.5 Å². The van der Waals surface area contributed by atoms with E-state index in [1.54, 1.807) is 0 Å². The van der Waals surface area contributed by atoms with Crippen molar-refractivity contribution in [3.63, 3.8) is 0 Å². The van der Waals surface area contributed by atoms with Gasteiger partial charge in [0.25, 0.3) is 0 Å². The van der Waals surface area contributed by atoms with Crippen LogP contribution in [-0.2, 0) is 33.9 Å². The fraction of sp³-hybridized carbons (Fsp3) is 0.417. The smallest absolute Gasteiger partial charge is 0.224 e. The van der Waals surface area contributed by atoms with E-state index in [1.165, 1.54) is 0 Å². The summed E-state index contributed by atoms with van der Waals surface area (Å²) in [5.74, 6) is 0.833. The zero-order chi connectivity index (χ0) is 21.3. The Morgan fingerprint density at radius 1 is 1.13 bits per heavy atom. The lowest BCUT2D eigenvalue weighted by Gasteiger charge is -2.17. The van der Waals surface area contributed by atoms with Gasteiger partial charge in [0.05, 0.1) is 19.3 Å². The maximum Gasteiger partial charge on any atom is 0.224 e. The third-order valence-corrected chi connectivity index (χ3v) is 4.85. The van der Waals surface area contributed by atoms with Crippen LogP contribution in [0.15, 0.2) is 42.5 Å². The first-order valence-electron chi connectivity index (χ1n) is 10.5. The van der Waals surface area contributed by atoms with Gasteiger partial charge in [0.1, 0.15) is 5.75 Å². The maximum atomic E-state index is 12.1. The Bertz CT molecular complexity index is 879. The first kappa shape index (κ1) is 21.8. The number of hydrogen-bond donors (Lipinski definition) is 2. The molecule has 0 spiro atoms. The van der Waals surface area contributed by atoms with Crippen LogP contribution in [0.5, 0.6) is 5.75 Å². The third-order valence-electron chi connectivity index (χ3n) is 4.85. The van der Waals surface area contributed by atoms with Crippen LogP contribution in [-0.4, -0.2) is 24.5 Å². The Morgan fingerprint density at radius 3 is 2.80 bits per heavy atom. The number of hydrogen-bond acceptors (Lipinski definition) is 4. The molecule has 0 unspecified atom stereocenters. The highest BCUT2D eigenvalue weighted by Crippen LogP contribution is 2.26. The number of anilines is 1. The molecule has 1 aliphatic heterocycles. The molecule has 3 rings (SSSR count). The number of carbonyl (C=O) groups excluding carboxylic acids is 2. The minimum atomic E-state index is 0.00980. The first-order valence-corrected chi connectivity index (χ1v) is 10.5. The Labute approximate surface area is 178 Å². The van der Waals surface area contributed by atoms with Crippen LogP contribution in [0.2, 0.25) is 0 Å². The lowest BCUT2D eigenvalue weighted by Crippen LogP contribution is -2.23. The molecule has 1 aliphatic rings. The summed E-state index contributed by atoms with van der Waals surface area (Å²) in [6, 6.07) is 13.8. The normalized spacial score (nSPS) is 13.0. The predicted molar refractivity (Wildman–Crippen MR) is 116 cm³/mol. The van der Waals surface area contributed by atoms with E-state index in [0.29, 0.717) is 39.0 Å². The van der Waals surface area contributed by atoms with Crippen molar-refractivity contribution in [2.45, 2.75) is 58.8 Å². The zero-order valence-corrected chi connectivity index (χ0v) is 17.7. The molecule has 6 heteroatoms. The number of fused-ring (bicyclic) bond motifs is 1. The van der Waals surface area contributed by atoms with Crippen molar-refractivity contribution < 1.29 is 19.1 Å². The van der Waals surface area contributed by atoms with E-state index in [2.05, 4.69) is 16.7 Å². The monoisotopic (exact) mass is 410 g/mol. The summed E-state index contributed by atoms with van der Waals surface area (Å²) in [6.45, 7) is 5.58. The first-order chi connectivity index (χ1) is 14.5. The van der Waals surface area contributed by atoms with Gasteiger partial charge in [0.15, 0.2) is 0 Å². The molecule has 2 N–H and O–H groups in total. The second-order valence-corrected chi connectivity index (χ2v) is 7.78. The molecule has 160 valence electrons.